The van der Waals surface area contributed by atoms with Gasteiger partial charge in [0.2, 0.25) is 11.7 Å². The van der Waals surface area contributed by atoms with Crippen LogP contribution >= 0.6 is 15.9 Å². The molecule has 4 nitrogen and oxygen atoms in total. The summed E-state index contributed by atoms with van der Waals surface area (Å²) in [5, 5.41) is 3.87. The molecular formula is C13H15BrFN3O. The van der Waals surface area contributed by atoms with Crippen LogP contribution in [0.5, 0.6) is 0 Å². The molecule has 2 N–H and O–H groups in total. The Hall–Kier alpha value is -1.27. The first-order valence-corrected chi connectivity index (χ1v) is 6.82. The molecule has 1 atom stereocenters. The highest BCUT2D eigenvalue weighted by molar-refractivity contribution is 9.10. The van der Waals surface area contributed by atoms with Crippen LogP contribution in [0.15, 0.2) is 27.2 Å². The van der Waals surface area contributed by atoms with Crippen molar-refractivity contribution >= 4 is 15.9 Å². The van der Waals surface area contributed by atoms with Crippen LogP contribution in [-0.4, -0.2) is 10.1 Å². The summed E-state index contributed by atoms with van der Waals surface area (Å²) in [5.41, 5.74) is 6.00. The van der Waals surface area contributed by atoms with Gasteiger partial charge >= 0.3 is 0 Å². The number of rotatable bonds is 4. The molecule has 0 aliphatic rings. The van der Waals surface area contributed by atoms with Crippen LogP contribution in [0, 0.1) is 5.82 Å². The van der Waals surface area contributed by atoms with Crippen LogP contribution < -0.4 is 5.73 Å². The van der Waals surface area contributed by atoms with Gasteiger partial charge in [0.05, 0.1) is 5.54 Å². The second-order valence-electron chi connectivity index (χ2n) is 4.71. The lowest BCUT2D eigenvalue weighted by molar-refractivity contribution is 0.284. The molecule has 102 valence electrons. The van der Waals surface area contributed by atoms with E-state index in [1.165, 1.54) is 12.1 Å². The van der Waals surface area contributed by atoms with E-state index in [9.17, 15) is 4.39 Å². The predicted octanol–water partition coefficient (Wildman–Crippen LogP) is 3.61. The number of nitrogens with zero attached hydrogens (tertiary/aromatic N) is 2. The van der Waals surface area contributed by atoms with Gasteiger partial charge in [-0.15, -0.1) is 0 Å². The van der Waals surface area contributed by atoms with E-state index in [0.717, 1.165) is 12.8 Å². The Morgan fingerprint density at radius 3 is 2.89 bits per heavy atom. The van der Waals surface area contributed by atoms with Gasteiger partial charge in [0.1, 0.15) is 5.82 Å². The number of benzene rings is 1. The molecule has 0 aliphatic heterocycles. The van der Waals surface area contributed by atoms with Gasteiger partial charge < -0.3 is 10.3 Å². The average molecular weight is 328 g/mol. The normalized spacial score (nSPS) is 14.4. The third-order valence-electron chi connectivity index (χ3n) is 2.85. The van der Waals surface area contributed by atoms with Gasteiger partial charge in [-0.2, -0.15) is 4.98 Å². The fraction of sp³-hybridized carbons (Fsp3) is 0.385. The van der Waals surface area contributed by atoms with Crippen molar-refractivity contribution < 1.29 is 8.91 Å². The fourth-order valence-corrected chi connectivity index (χ4v) is 2.28. The van der Waals surface area contributed by atoms with Gasteiger partial charge in [-0.05, 0) is 31.5 Å². The van der Waals surface area contributed by atoms with Crippen molar-refractivity contribution in [2.45, 2.75) is 32.2 Å². The number of nitrogens with two attached hydrogens (primary N) is 1. The standard InChI is InChI=1S/C13H15BrFN3O/c1-3-6-13(2,16)12-17-11(18-19-12)9-7-8(15)4-5-10(9)14/h4-5,7H,3,6,16H2,1-2H3. The summed E-state index contributed by atoms with van der Waals surface area (Å²) in [7, 11) is 0. The Morgan fingerprint density at radius 1 is 1.47 bits per heavy atom. The lowest BCUT2D eigenvalue weighted by Crippen LogP contribution is -2.33. The monoisotopic (exact) mass is 327 g/mol. The second kappa shape index (κ2) is 5.38. The molecular weight excluding hydrogens is 313 g/mol. The molecule has 2 rings (SSSR count). The molecule has 0 radical (unpaired) electrons. The van der Waals surface area contributed by atoms with Gasteiger partial charge in [-0.1, -0.05) is 34.4 Å². The molecule has 19 heavy (non-hydrogen) atoms. The minimum absolute atomic E-state index is 0.328. The Labute approximate surface area is 119 Å². The fourth-order valence-electron chi connectivity index (χ4n) is 1.86. The number of hydrogen-bond acceptors (Lipinski definition) is 4. The molecule has 0 fully saturated rings. The summed E-state index contributed by atoms with van der Waals surface area (Å²) in [6.45, 7) is 3.87. The summed E-state index contributed by atoms with van der Waals surface area (Å²) < 4.78 is 19.2. The number of halogens is 2. The Kier molecular flexibility index (Phi) is 4.01. The highest BCUT2D eigenvalue weighted by atomic mass is 79.9. The zero-order valence-electron chi connectivity index (χ0n) is 10.8. The Bertz CT molecular complexity index is 583. The average Bonchev–Trinajstić information content (AvgIpc) is 2.82. The van der Waals surface area contributed by atoms with E-state index in [0.29, 0.717) is 21.8 Å². The van der Waals surface area contributed by atoms with Crippen molar-refractivity contribution in [1.29, 1.82) is 0 Å². The zero-order chi connectivity index (χ0) is 14.0. The van der Waals surface area contributed by atoms with Crippen molar-refractivity contribution in [3.8, 4) is 11.4 Å². The van der Waals surface area contributed by atoms with E-state index in [2.05, 4.69) is 26.1 Å². The first-order valence-electron chi connectivity index (χ1n) is 6.02. The summed E-state index contributed by atoms with van der Waals surface area (Å²) in [6.07, 6.45) is 1.65. The molecule has 1 aromatic heterocycles. The summed E-state index contributed by atoms with van der Waals surface area (Å²) in [6, 6.07) is 4.32. The molecule has 0 bridgehead atoms. The molecule has 1 heterocycles. The highest BCUT2D eigenvalue weighted by Crippen LogP contribution is 2.29. The minimum atomic E-state index is -0.667. The maximum atomic E-state index is 13.3. The minimum Gasteiger partial charge on any atom is -0.337 e. The molecule has 0 aliphatic carbocycles. The third kappa shape index (κ3) is 3.01. The SMILES string of the molecule is CCCC(C)(N)c1nc(-c2cc(F)ccc2Br)no1. The van der Waals surface area contributed by atoms with Crippen LogP contribution in [0.4, 0.5) is 4.39 Å². The quantitative estimate of drug-likeness (QED) is 0.931. The summed E-state index contributed by atoms with van der Waals surface area (Å²) >= 11 is 3.34. The number of hydrogen-bond donors (Lipinski definition) is 1. The molecule has 6 heteroatoms. The Balaban J connectivity index is 2.38. The zero-order valence-corrected chi connectivity index (χ0v) is 12.4. The van der Waals surface area contributed by atoms with Crippen molar-refractivity contribution in [2.24, 2.45) is 5.73 Å². The van der Waals surface area contributed by atoms with Gasteiger partial charge in [0.15, 0.2) is 0 Å². The Morgan fingerprint density at radius 2 is 2.21 bits per heavy atom. The van der Waals surface area contributed by atoms with Crippen LogP contribution in [0.2, 0.25) is 0 Å². The van der Waals surface area contributed by atoms with Crippen LogP contribution in [0.3, 0.4) is 0 Å². The maximum absolute atomic E-state index is 13.3. The molecule has 1 unspecified atom stereocenters. The molecule has 0 saturated heterocycles. The van der Waals surface area contributed by atoms with Crippen molar-refractivity contribution in [3.63, 3.8) is 0 Å². The van der Waals surface area contributed by atoms with Gasteiger partial charge in [-0.3, -0.25) is 0 Å². The molecule has 0 spiro atoms. The summed E-state index contributed by atoms with van der Waals surface area (Å²) in [4.78, 5) is 4.27. The van der Waals surface area contributed by atoms with Crippen LogP contribution in [0.25, 0.3) is 11.4 Å². The largest absolute Gasteiger partial charge is 0.337 e. The van der Waals surface area contributed by atoms with E-state index in [1.54, 1.807) is 6.07 Å². The van der Waals surface area contributed by atoms with Gasteiger partial charge in [-0.25, -0.2) is 4.39 Å². The van der Waals surface area contributed by atoms with Crippen molar-refractivity contribution in [2.75, 3.05) is 0 Å². The van der Waals surface area contributed by atoms with E-state index in [-0.39, 0.29) is 5.82 Å². The highest BCUT2D eigenvalue weighted by Gasteiger charge is 2.27. The lowest BCUT2D eigenvalue weighted by Gasteiger charge is -2.18. The van der Waals surface area contributed by atoms with Gasteiger partial charge in [0, 0.05) is 10.0 Å². The van der Waals surface area contributed by atoms with E-state index in [4.69, 9.17) is 10.3 Å². The van der Waals surface area contributed by atoms with E-state index in [1.807, 2.05) is 13.8 Å². The van der Waals surface area contributed by atoms with E-state index < -0.39 is 5.54 Å². The molecule has 1 aromatic carbocycles. The second-order valence-corrected chi connectivity index (χ2v) is 5.57. The molecule has 0 amide bonds. The summed E-state index contributed by atoms with van der Waals surface area (Å²) in [5.74, 6) is 0.336. The smallest absolute Gasteiger partial charge is 0.246 e. The third-order valence-corrected chi connectivity index (χ3v) is 3.54. The van der Waals surface area contributed by atoms with Crippen molar-refractivity contribution in [3.05, 3.63) is 34.4 Å². The van der Waals surface area contributed by atoms with Crippen molar-refractivity contribution in [1.82, 2.24) is 10.1 Å². The molecule has 2 aromatic rings. The van der Waals surface area contributed by atoms with Gasteiger partial charge in [0.25, 0.3) is 0 Å². The lowest BCUT2D eigenvalue weighted by atomic mass is 9.98. The maximum Gasteiger partial charge on any atom is 0.246 e. The molecule has 0 saturated carbocycles. The first-order chi connectivity index (χ1) is 8.94. The number of aromatic nitrogens is 2. The van der Waals surface area contributed by atoms with Crippen LogP contribution in [-0.2, 0) is 5.54 Å². The first kappa shape index (κ1) is 14.1. The predicted molar refractivity (Wildman–Crippen MR) is 73.8 cm³/mol. The van der Waals surface area contributed by atoms with Crippen LogP contribution in [0.1, 0.15) is 32.6 Å². The topological polar surface area (TPSA) is 64.9 Å². The van der Waals surface area contributed by atoms with E-state index >= 15 is 0 Å².